The van der Waals surface area contributed by atoms with Crippen molar-refractivity contribution in [2.45, 2.75) is 17.2 Å². The number of benzene rings is 1. The normalized spacial score (nSPS) is 11.7. The van der Waals surface area contributed by atoms with Crippen molar-refractivity contribution in [3.63, 3.8) is 0 Å². The summed E-state index contributed by atoms with van der Waals surface area (Å²) in [7, 11) is -0.501. The lowest BCUT2D eigenvalue weighted by Gasteiger charge is -2.08. The van der Waals surface area contributed by atoms with Crippen LogP contribution in [0, 0.1) is 5.82 Å². The molecule has 0 saturated carbocycles. The Morgan fingerprint density at radius 3 is 2.43 bits per heavy atom. The van der Waals surface area contributed by atoms with Gasteiger partial charge in [0.1, 0.15) is 10.0 Å². The van der Waals surface area contributed by atoms with Gasteiger partial charge < -0.3 is 5.32 Å². The first-order valence-electron chi connectivity index (χ1n) is 6.81. The molecule has 0 radical (unpaired) electrons. The van der Waals surface area contributed by atoms with E-state index in [-0.39, 0.29) is 28.9 Å². The van der Waals surface area contributed by atoms with Crippen LogP contribution in [0.3, 0.4) is 0 Å². The number of rotatable bonds is 6. The molecule has 0 unspecified atom stereocenters. The number of hydrogen-bond donors (Lipinski definition) is 1. The molecule has 2 rings (SSSR count). The zero-order valence-corrected chi connectivity index (χ0v) is 14.4. The van der Waals surface area contributed by atoms with E-state index in [0.717, 1.165) is 20.5 Å². The van der Waals surface area contributed by atoms with Crippen molar-refractivity contribution in [3.8, 4) is 0 Å². The summed E-state index contributed by atoms with van der Waals surface area (Å²) in [6.07, 6.45) is 0.147. The summed E-state index contributed by atoms with van der Waals surface area (Å²) < 4.78 is 38.1. The highest BCUT2D eigenvalue weighted by atomic mass is 32.2. The van der Waals surface area contributed by atoms with Gasteiger partial charge in [0.2, 0.25) is 5.91 Å². The predicted octanol–water partition coefficient (Wildman–Crippen LogP) is 2.00. The summed E-state index contributed by atoms with van der Waals surface area (Å²) in [5.74, 6) is -0.551. The molecule has 0 fully saturated rings. The minimum absolute atomic E-state index is 0.147. The molecule has 0 aliphatic heterocycles. The Kier molecular flexibility index (Phi) is 5.51. The Bertz CT molecular complexity index is 783. The van der Waals surface area contributed by atoms with E-state index in [1.807, 2.05) is 0 Å². The number of carbonyl (C=O) groups excluding carboxylic acids is 1. The van der Waals surface area contributed by atoms with Gasteiger partial charge in [-0.2, -0.15) is 0 Å². The van der Waals surface area contributed by atoms with Gasteiger partial charge in [-0.1, -0.05) is 12.1 Å². The van der Waals surface area contributed by atoms with Crippen LogP contribution in [-0.4, -0.2) is 32.7 Å². The van der Waals surface area contributed by atoms with E-state index < -0.39 is 10.0 Å². The summed E-state index contributed by atoms with van der Waals surface area (Å²) >= 11 is 1.12. The summed E-state index contributed by atoms with van der Waals surface area (Å²) in [5.41, 5.74) is 0.714. The van der Waals surface area contributed by atoms with Crippen molar-refractivity contribution in [1.29, 1.82) is 0 Å². The van der Waals surface area contributed by atoms with Crippen molar-refractivity contribution >= 4 is 27.3 Å². The number of amides is 1. The van der Waals surface area contributed by atoms with Gasteiger partial charge in [0.15, 0.2) is 0 Å². The van der Waals surface area contributed by atoms with E-state index in [1.165, 1.54) is 32.3 Å². The SMILES string of the molecule is CN(C)S(=O)(=O)c1ccc(CNC(=O)Cc2ccc(F)cc2)s1. The van der Waals surface area contributed by atoms with Gasteiger partial charge in [-0.25, -0.2) is 17.1 Å². The summed E-state index contributed by atoms with van der Waals surface area (Å²) in [5, 5.41) is 2.73. The first-order chi connectivity index (χ1) is 10.8. The molecule has 8 heteroatoms. The lowest BCUT2D eigenvalue weighted by molar-refractivity contribution is -0.120. The predicted molar refractivity (Wildman–Crippen MR) is 87.1 cm³/mol. The Balaban J connectivity index is 1.92. The van der Waals surface area contributed by atoms with Crippen molar-refractivity contribution in [1.82, 2.24) is 9.62 Å². The minimum atomic E-state index is -3.44. The first-order valence-corrected chi connectivity index (χ1v) is 9.07. The number of halogens is 1. The highest BCUT2D eigenvalue weighted by Gasteiger charge is 2.19. The summed E-state index contributed by atoms with van der Waals surface area (Å²) in [4.78, 5) is 12.6. The standard InChI is InChI=1S/C15H17FN2O3S2/c1-18(2)23(20,21)15-8-7-13(22-15)10-17-14(19)9-11-3-5-12(16)6-4-11/h3-8H,9-10H2,1-2H3,(H,17,19). The van der Waals surface area contributed by atoms with Gasteiger partial charge in [0.05, 0.1) is 13.0 Å². The third-order valence-electron chi connectivity index (χ3n) is 3.11. The highest BCUT2D eigenvalue weighted by Crippen LogP contribution is 2.23. The fraction of sp³-hybridized carbons (Fsp3) is 0.267. The number of hydrogen-bond acceptors (Lipinski definition) is 4. The largest absolute Gasteiger partial charge is 0.351 e. The van der Waals surface area contributed by atoms with Crippen LogP contribution >= 0.6 is 11.3 Å². The zero-order valence-electron chi connectivity index (χ0n) is 12.7. The molecule has 0 atom stereocenters. The average Bonchev–Trinajstić information content (AvgIpc) is 2.97. The van der Waals surface area contributed by atoms with Gasteiger partial charge in [-0.3, -0.25) is 4.79 Å². The first kappa shape index (κ1) is 17.6. The minimum Gasteiger partial charge on any atom is -0.351 e. The lowest BCUT2D eigenvalue weighted by Crippen LogP contribution is -2.24. The fourth-order valence-electron chi connectivity index (χ4n) is 1.81. The summed E-state index contributed by atoms with van der Waals surface area (Å²) in [6, 6.07) is 8.94. The van der Waals surface area contributed by atoms with Gasteiger partial charge in [-0.05, 0) is 29.8 Å². The molecule has 23 heavy (non-hydrogen) atoms. The van der Waals surface area contributed by atoms with E-state index in [0.29, 0.717) is 5.56 Å². The molecule has 1 amide bonds. The molecular formula is C15H17FN2O3S2. The number of carbonyl (C=O) groups is 1. The number of nitrogens with zero attached hydrogens (tertiary/aromatic N) is 1. The quantitative estimate of drug-likeness (QED) is 0.861. The molecular weight excluding hydrogens is 339 g/mol. The highest BCUT2D eigenvalue weighted by molar-refractivity contribution is 7.91. The zero-order chi connectivity index (χ0) is 17.0. The molecule has 1 aromatic carbocycles. The van der Waals surface area contributed by atoms with Crippen LogP contribution in [0.5, 0.6) is 0 Å². The summed E-state index contributed by atoms with van der Waals surface area (Å²) in [6.45, 7) is 0.258. The Morgan fingerprint density at radius 2 is 1.83 bits per heavy atom. The van der Waals surface area contributed by atoms with Crippen LogP contribution in [-0.2, 0) is 27.8 Å². The van der Waals surface area contributed by atoms with Crippen LogP contribution in [0.1, 0.15) is 10.4 Å². The molecule has 0 bridgehead atoms. The molecule has 0 aliphatic carbocycles. The van der Waals surface area contributed by atoms with E-state index in [1.54, 1.807) is 18.2 Å². The molecule has 124 valence electrons. The maximum atomic E-state index is 12.8. The van der Waals surface area contributed by atoms with Gasteiger partial charge >= 0.3 is 0 Å². The smallest absolute Gasteiger partial charge is 0.252 e. The maximum Gasteiger partial charge on any atom is 0.252 e. The van der Waals surface area contributed by atoms with Gasteiger partial charge in [0, 0.05) is 19.0 Å². The second-order valence-corrected chi connectivity index (χ2v) is 8.64. The van der Waals surface area contributed by atoms with Crippen molar-refractivity contribution < 1.29 is 17.6 Å². The second-order valence-electron chi connectivity index (χ2n) is 5.09. The lowest BCUT2D eigenvalue weighted by atomic mass is 10.1. The van der Waals surface area contributed by atoms with E-state index >= 15 is 0 Å². The van der Waals surface area contributed by atoms with Crippen LogP contribution in [0.25, 0.3) is 0 Å². The fourth-order valence-corrected chi connectivity index (χ4v) is 4.27. The molecule has 2 aromatic rings. The molecule has 1 N–H and O–H groups in total. The van der Waals surface area contributed by atoms with E-state index in [9.17, 15) is 17.6 Å². The topological polar surface area (TPSA) is 66.5 Å². The van der Waals surface area contributed by atoms with E-state index in [4.69, 9.17) is 0 Å². The average molecular weight is 356 g/mol. The third-order valence-corrected chi connectivity index (χ3v) is 6.48. The van der Waals surface area contributed by atoms with Crippen molar-refractivity contribution in [2.24, 2.45) is 0 Å². The van der Waals surface area contributed by atoms with Crippen molar-refractivity contribution in [2.75, 3.05) is 14.1 Å². The van der Waals surface area contributed by atoms with Crippen LogP contribution in [0.15, 0.2) is 40.6 Å². The van der Waals surface area contributed by atoms with Crippen LogP contribution in [0.4, 0.5) is 4.39 Å². The van der Waals surface area contributed by atoms with Crippen LogP contribution < -0.4 is 5.32 Å². The molecule has 1 aromatic heterocycles. The monoisotopic (exact) mass is 356 g/mol. The van der Waals surface area contributed by atoms with E-state index in [2.05, 4.69) is 5.32 Å². The second kappa shape index (κ2) is 7.20. The van der Waals surface area contributed by atoms with Crippen LogP contribution in [0.2, 0.25) is 0 Å². The number of thiophene rings is 1. The molecule has 0 aliphatic rings. The molecule has 0 saturated heterocycles. The maximum absolute atomic E-state index is 12.8. The Morgan fingerprint density at radius 1 is 1.17 bits per heavy atom. The molecule has 1 heterocycles. The van der Waals surface area contributed by atoms with Gasteiger partial charge in [0.25, 0.3) is 10.0 Å². The number of sulfonamides is 1. The Hall–Kier alpha value is -1.77. The van der Waals surface area contributed by atoms with Gasteiger partial charge in [-0.15, -0.1) is 11.3 Å². The third kappa shape index (κ3) is 4.60. The molecule has 5 nitrogen and oxygen atoms in total. The number of nitrogens with one attached hydrogen (secondary N) is 1. The molecule has 0 spiro atoms. The Labute approximate surface area is 138 Å². The van der Waals surface area contributed by atoms with Crippen molar-refractivity contribution in [3.05, 3.63) is 52.7 Å².